The summed E-state index contributed by atoms with van der Waals surface area (Å²) in [6.45, 7) is 0. The van der Waals surface area contributed by atoms with E-state index in [1.807, 2.05) is 0 Å². The molecule has 22 aromatic rings. The highest BCUT2D eigenvalue weighted by Gasteiger charge is 2.61. The van der Waals surface area contributed by atoms with E-state index in [9.17, 15) is 0 Å². The molecule has 2 nitrogen and oxygen atoms in total. The van der Waals surface area contributed by atoms with Crippen molar-refractivity contribution in [1.82, 2.24) is 0 Å². The van der Waals surface area contributed by atoms with E-state index in [1.54, 1.807) is 0 Å². The predicted octanol–water partition coefficient (Wildman–Crippen LogP) is 34.3. The van der Waals surface area contributed by atoms with Crippen LogP contribution in [0.1, 0.15) is 89.0 Å². The fourth-order valence-electron chi connectivity index (χ4n) is 27.8. The number of hydrogen-bond acceptors (Lipinski definition) is 2. The van der Waals surface area contributed by atoms with E-state index in [2.05, 4.69) is 507 Å². The van der Waals surface area contributed by atoms with Crippen LogP contribution in [-0.2, 0) is 21.7 Å². The molecule has 32 rings (SSSR count). The molecule has 138 heavy (non-hydrogen) atoms. The number of rotatable bonds is 10. The average molecular weight is 1740 g/mol. The van der Waals surface area contributed by atoms with Crippen LogP contribution in [0.5, 0.6) is 0 Å². The Labute approximate surface area is 802 Å². The van der Waals surface area contributed by atoms with Gasteiger partial charge >= 0.3 is 0 Å². The zero-order chi connectivity index (χ0) is 90.0. The molecule has 0 heterocycles. The Hall–Kier alpha value is -17.6. The van der Waals surface area contributed by atoms with Crippen LogP contribution in [0.4, 0.5) is 34.1 Å². The first-order chi connectivity index (χ1) is 68.5. The van der Waals surface area contributed by atoms with Crippen LogP contribution in [0.3, 0.4) is 0 Å². The van der Waals surface area contributed by atoms with Crippen molar-refractivity contribution in [2.24, 2.45) is 0 Å². The standard InChI is InChI=1S/2C68H41N/c2*1-2-15-42(16-3-1)43-31-36-46(37-32-43)69(63-30-14-29-61-64(63)56-20-7-11-28-60(56)67(61)57-25-8-4-17-48(57)49-18-5-9-26-58(49)67)47-38-33-44(34-39-47)45-35-40-51-53-22-13-24-55-54-23-12-21-52-50-19-6-10-27-59(50)68(65(52)54,66(53)55)62(51)41-45/h2*1-41H. The Morgan fingerprint density at radius 1 is 0.116 bits per heavy atom. The second-order valence-electron chi connectivity index (χ2n) is 38.8. The molecule has 0 N–H and O–H groups in total. The average Bonchev–Trinajstić information content (AvgIpc) is 1.48. The van der Waals surface area contributed by atoms with E-state index in [1.165, 1.54) is 256 Å². The largest absolute Gasteiger partial charge is 0.310 e. The molecule has 10 aliphatic rings. The topological polar surface area (TPSA) is 6.48 Å². The molecule has 22 aromatic carbocycles. The molecular weight excluding hydrogens is 1660 g/mol. The molecule has 0 saturated heterocycles. The lowest BCUT2D eigenvalue weighted by Crippen LogP contribution is -2.26. The predicted molar refractivity (Wildman–Crippen MR) is 567 cm³/mol. The minimum Gasteiger partial charge on any atom is -0.310 e. The summed E-state index contributed by atoms with van der Waals surface area (Å²) in [5.41, 5.74) is 63.9. The molecule has 0 amide bonds. The van der Waals surface area contributed by atoms with Gasteiger partial charge in [-0.15, -0.1) is 0 Å². The van der Waals surface area contributed by atoms with Crippen molar-refractivity contribution in [3.05, 3.63) is 586 Å². The van der Waals surface area contributed by atoms with Crippen molar-refractivity contribution >= 4 is 34.1 Å². The second kappa shape index (κ2) is 28.0. The van der Waals surface area contributed by atoms with Crippen molar-refractivity contribution in [3.8, 4) is 156 Å². The van der Waals surface area contributed by atoms with Crippen molar-refractivity contribution in [2.75, 3.05) is 9.80 Å². The van der Waals surface area contributed by atoms with Gasteiger partial charge in [0.25, 0.3) is 0 Å². The van der Waals surface area contributed by atoms with Gasteiger partial charge in [0, 0.05) is 33.9 Å². The van der Waals surface area contributed by atoms with Gasteiger partial charge in [0.2, 0.25) is 0 Å². The van der Waals surface area contributed by atoms with E-state index >= 15 is 0 Å². The molecule has 2 atom stereocenters. The SMILES string of the molecule is c1ccc(-c2ccc(N(c3ccc(-c4ccc5c(c4)C46c7ccccc7-c7cccc(c74)-c4cccc-5c46)cc3)c3cccc4c3-c3ccccc3C43c4ccccc4-c4ccccc43)cc2)cc1.c1ccc(-c2ccc(N(c3ccc(-c4ccc5c(c4)C46c7ccccc7-c7cccc(c74)-c4cccc-5c46)cc3)c3cccc4c3-c3ccccc3C43c4ccccc4-c4ccccc43)cc2)cc1. The van der Waals surface area contributed by atoms with Gasteiger partial charge in [-0.05, 0) is 306 Å². The first kappa shape index (κ1) is 75.9. The molecule has 636 valence electrons. The Morgan fingerprint density at radius 2 is 0.304 bits per heavy atom. The fraction of sp³-hybridized carbons (Fsp3) is 0.0294. The number of benzene rings is 22. The summed E-state index contributed by atoms with van der Waals surface area (Å²) in [4.78, 5) is 4.98. The molecule has 10 aliphatic carbocycles. The number of anilines is 6. The number of hydrogen-bond donors (Lipinski definition) is 0. The van der Waals surface area contributed by atoms with E-state index in [4.69, 9.17) is 0 Å². The molecule has 0 aromatic heterocycles. The number of fused-ring (bicyclic) bond motifs is 30. The van der Waals surface area contributed by atoms with Crippen molar-refractivity contribution < 1.29 is 0 Å². The van der Waals surface area contributed by atoms with E-state index in [0.29, 0.717) is 0 Å². The van der Waals surface area contributed by atoms with Crippen LogP contribution in [0.25, 0.3) is 156 Å². The normalized spacial score (nSPS) is 15.7. The molecule has 2 unspecified atom stereocenters. The monoisotopic (exact) mass is 1740 g/mol. The quantitative estimate of drug-likeness (QED) is 0.135. The molecular formula is C136H82N2. The molecule has 0 bridgehead atoms. The number of nitrogens with zero attached hydrogens (tertiary/aromatic N) is 2. The third-order valence-corrected chi connectivity index (χ3v) is 32.9. The highest BCUT2D eigenvalue weighted by Crippen LogP contribution is 2.74. The summed E-state index contributed by atoms with van der Waals surface area (Å²) in [5.74, 6) is 0. The third-order valence-electron chi connectivity index (χ3n) is 32.9. The van der Waals surface area contributed by atoms with Crippen LogP contribution in [-0.4, -0.2) is 0 Å². The lowest BCUT2D eigenvalue weighted by molar-refractivity contribution is 0.794. The Balaban J connectivity index is 0.000000128. The van der Waals surface area contributed by atoms with Crippen LogP contribution in [0.15, 0.2) is 497 Å². The first-order valence-electron chi connectivity index (χ1n) is 48.5. The summed E-state index contributed by atoms with van der Waals surface area (Å²) in [6.07, 6.45) is 0. The summed E-state index contributed by atoms with van der Waals surface area (Å²) < 4.78 is 0. The van der Waals surface area contributed by atoms with Crippen LogP contribution >= 0.6 is 0 Å². The second-order valence-corrected chi connectivity index (χ2v) is 38.8. The van der Waals surface area contributed by atoms with Gasteiger partial charge < -0.3 is 9.80 Å². The van der Waals surface area contributed by atoms with Crippen LogP contribution < -0.4 is 9.80 Å². The van der Waals surface area contributed by atoms with E-state index in [-0.39, 0.29) is 10.8 Å². The first-order valence-corrected chi connectivity index (χ1v) is 48.5. The van der Waals surface area contributed by atoms with Crippen molar-refractivity contribution in [3.63, 3.8) is 0 Å². The fourth-order valence-corrected chi connectivity index (χ4v) is 27.8. The van der Waals surface area contributed by atoms with Gasteiger partial charge in [0.15, 0.2) is 0 Å². The van der Waals surface area contributed by atoms with Crippen LogP contribution in [0.2, 0.25) is 0 Å². The third kappa shape index (κ3) is 9.60. The maximum absolute atomic E-state index is 2.51. The molecule has 0 fully saturated rings. The minimum atomic E-state index is -0.435. The minimum absolute atomic E-state index is 0.315. The van der Waals surface area contributed by atoms with Gasteiger partial charge in [-0.25, -0.2) is 0 Å². The molecule has 4 spiro atoms. The summed E-state index contributed by atoms with van der Waals surface area (Å²) >= 11 is 0. The Kier molecular flexibility index (Phi) is 15.4. The summed E-state index contributed by atoms with van der Waals surface area (Å²) in [7, 11) is 0. The maximum Gasteiger partial charge on any atom is 0.0737 e. The van der Waals surface area contributed by atoms with E-state index < -0.39 is 10.8 Å². The van der Waals surface area contributed by atoms with Gasteiger partial charge in [-0.2, -0.15) is 0 Å². The van der Waals surface area contributed by atoms with Gasteiger partial charge in [0.1, 0.15) is 0 Å². The van der Waals surface area contributed by atoms with Crippen LogP contribution in [0, 0.1) is 0 Å². The van der Waals surface area contributed by atoms with Gasteiger partial charge in [-0.3, -0.25) is 0 Å². The zero-order valence-corrected chi connectivity index (χ0v) is 75.2. The summed E-state index contributed by atoms with van der Waals surface area (Å²) in [5, 5.41) is 0. The lowest BCUT2D eigenvalue weighted by atomic mass is 9.70. The highest BCUT2D eigenvalue weighted by atomic mass is 15.2. The van der Waals surface area contributed by atoms with Crippen molar-refractivity contribution in [1.29, 1.82) is 0 Å². The van der Waals surface area contributed by atoms with Gasteiger partial charge in [0.05, 0.1) is 33.0 Å². The molecule has 0 radical (unpaired) electrons. The maximum atomic E-state index is 2.51. The smallest absolute Gasteiger partial charge is 0.0737 e. The zero-order valence-electron chi connectivity index (χ0n) is 75.2. The molecule has 0 aliphatic heterocycles. The molecule has 0 saturated carbocycles. The Bertz CT molecular complexity index is 8380. The van der Waals surface area contributed by atoms with Crippen molar-refractivity contribution in [2.45, 2.75) is 21.7 Å². The van der Waals surface area contributed by atoms with E-state index in [0.717, 1.165) is 22.7 Å². The highest BCUT2D eigenvalue weighted by molar-refractivity contribution is 6.11. The summed E-state index contributed by atoms with van der Waals surface area (Å²) in [6, 6.07) is 187. The molecule has 2 heteroatoms. The lowest BCUT2D eigenvalue weighted by Gasteiger charge is -2.32. The van der Waals surface area contributed by atoms with Gasteiger partial charge in [-0.1, -0.05) is 425 Å². The Morgan fingerprint density at radius 3 is 0.594 bits per heavy atom.